The molecule has 0 atom stereocenters. The molecule has 0 bridgehead atoms. The lowest BCUT2D eigenvalue weighted by Gasteiger charge is -2.27. The third-order valence-corrected chi connectivity index (χ3v) is 4.19. The van der Waals surface area contributed by atoms with E-state index in [1.165, 1.54) is 0 Å². The molecule has 6 nitrogen and oxygen atoms in total. The third-order valence-electron chi connectivity index (χ3n) is 3.88. The molecule has 0 aliphatic carbocycles. The van der Waals surface area contributed by atoms with Gasteiger partial charge in [0, 0.05) is 38.3 Å². The van der Waals surface area contributed by atoms with Gasteiger partial charge in [0.2, 0.25) is 0 Å². The normalized spacial score (nSPS) is 14.6. The van der Waals surface area contributed by atoms with Crippen LogP contribution in [0.25, 0.3) is 0 Å². The minimum Gasteiger partial charge on any atom is -0.338 e. The Labute approximate surface area is 147 Å². The Bertz CT molecular complexity index is 586. The predicted molar refractivity (Wildman–Crippen MR) is 96.7 cm³/mol. The molecule has 1 aliphatic heterocycles. The molecule has 3 N–H and O–H groups in total. The summed E-state index contributed by atoms with van der Waals surface area (Å²) in [6, 6.07) is 4.67. The fourth-order valence-electron chi connectivity index (χ4n) is 2.44. The first kappa shape index (κ1) is 18.5. The fourth-order valence-corrected chi connectivity index (χ4v) is 2.67. The van der Waals surface area contributed by atoms with Crippen LogP contribution in [0.3, 0.4) is 0 Å². The van der Waals surface area contributed by atoms with Crippen molar-refractivity contribution < 1.29 is 9.59 Å². The van der Waals surface area contributed by atoms with E-state index in [2.05, 4.69) is 29.8 Å². The van der Waals surface area contributed by atoms with Crippen LogP contribution in [0.5, 0.6) is 0 Å². The van der Waals surface area contributed by atoms with Crippen LogP contribution in [-0.2, 0) is 0 Å². The summed E-state index contributed by atoms with van der Waals surface area (Å²) in [5.41, 5.74) is 1.03. The molecule has 0 radical (unpaired) electrons. The van der Waals surface area contributed by atoms with Gasteiger partial charge in [-0.05, 0) is 30.5 Å². The zero-order valence-corrected chi connectivity index (χ0v) is 14.9. The van der Waals surface area contributed by atoms with E-state index in [0.29, 0.717) is 41.8 Å². The zero-order chi connectivity index (χ0) is 17.5. The number of carbonyl (C=O) groups excluding carboxylic acids is 2. The number of carbonyl (C=O) groups is 2. The number of hydrogen-bond acceptors (Lipinski definition) is 3. The Balaban J connectivity index is 1.93. The third kappa shape index (κ3) is 5.39. The summed E-state index contributed by atoms with van der Waals surface area (Å²) in [6.45, 7) is 7.80. The molecule has 1 aromatic carbocycles. The van der Waals surface area contributed by atoms with Crippen molar-refractivity contribution in [1.82, 2.24) is 15.5 Å². The molecule has 1 heterocycles. The lowest BCUT2D eigenvalue weighted by molar-refractivity contribution is 0.0736. The van der Waals surface area contributed by atoms with Gasteiger partial charge in [-0.15, -0.1) is 0 Å². The number of nitrogens with one attached hydrogen (secondary N) is 3. The van der Waals surface area contributed by atoms with Crippen molar-refractivity contribution in [3.63, 3.8) is 0 Å². The first-order chi connectivity index (χ1) is 11.5. The highest BCUT2D eigenvalue weighted by molar-refractivity contribution is 6.34. The van der Waals surface area contributed by atoms with Crippen LogP contribution in [0.4, 0.5) is 10.5 Å². The topological polar surface area (TPSA) is 73.5 Å². The van der Waals surface area contributed by atoms with Crippen LogP contribution in [0, 0.1) is 5.92 Å². The lowest BCUT2D eigenvalue weighted by Crippen LogP contribution is -2.46. The Hall–Kier alpha value is -1.79. The summed E-state index contributed by atoms with van der Waals surface area (Å²) in [5, 5.41) is 9.07. The SMILES string of the molecule is CC(C)CCNC(=O)Nc1ccc(C(=O)N2CCNCC2)cc1Cl. The van der Waals surface area contributed by atoms with Gasteiger partial charge in [0.05, 0.1) is 10.7 Å². The van der Waals surface area contributed by atoms with E-state index in [0.717, 1.165) is 19.5 Å². The Morgan fingerprint density at radius 1 is 1.29 bits per heavy atom. The summed E-state index contributed by atoms with van der Waals surface area (Å²) >= 11 is 6.22. The standard InChI is InChI=1S/C17H25ClN4O2/c1-12(2)5-6-20-17(24)21-15-4-3-13(11-14(15)18)16(23)22-9-7-19-8-10-22/h3-4,11-12,19H,5-10H2,1-2H3,(H2,20,21,24). The van der Waals surface area contributed by atoms with Gasteiger partial charge in [0.25, 0.3) is 5.91 Å². The highest BCUT2D eigenvalue weighted by Crippen LogP contribution is 2.23. The second-order valence-corrected chi connectivity index (χ2v) is 6.71. The maximum atomic E-state index is 12.4. The smallest absolute Gasteiger partial charge is 0.319 e. The summed E-state index contributed by atoms with van der Waals surface area (Å²) in [6.07, 6.45) is 0.916. The van der Waals surface area contributed by atoms with Gasteiger partial charge in [-0.1, -0.05) is 25.4 Å². The summed E-state index contributed by atoms with van der Waals surface area (Å²) in [5.74, 6) is 0.496. The van der Waals surface area contributed by atoms with Crippen molar-refractivity contribution in [1.29, 1.82) is 0 Å². The quantitative estimate of drug-likeness (QED) is 0.762. The van der Waals surface area contributed by atoms with Crippen LogP contribution < -0.4 is 16.0 Å². The molecule has 0 spiro atoms. The van der Waals surface area contributed by atoms with Gasteiger partial charge in [0.15, 0.2) is 0 Å². The Morgan fingerprint density at radius 2 is 2.00 bits per heavy atom. The highest BCUT2D eigenvalue weighted by Gasteiger charge is 2.19. The number of halogens is 1. The first-order valence-electron chi connectivity index (χ1n) is 8.31. The van der Waals surface area contributed by atoms with Crippen molar-refractivity contribution in [2.75, 3.05) is 38.0 Å². The van der Waals surface area contributed by atoms with Gasteiger partial charge >= 0.3 is 6.03 Å². The van der Waals surface area contributed by atoms with E-state index in [-0.39, 0.29) is 11.9 Å². The van der Waals surface area contributed by atoms with E-state index < -0.39 is 0 Å². The van der Waals surface area contributed by atoms with Crippen molar-refractivity contribution in [3.05, 3.63) is 28.8 Å². The van der Waals surface area contributed by atoms with Crippen LogP contribution in [0.1, 0.15) is 30.6 Å². The Kier molecular flexibility index (Phi) is 6.87. The second-order valence-electron chi connectivity index (χ2n) is 6.30. The fraction of sp³-hybridized carbons (Fsp3) is 0.529. The average molecular weight is 353 g/mol. The molecule has 3 amide bonds. The van der Waals surface area contributed by atoms with Gasteiger partial charge in [-0.25, -0.2) is 4.79 Å². The molecule has 0 aromatic heterocycles. The molecular weight excluding hydrogens is 328 g/mol. The van der Waals surface area contributed by atoms with E-state index >= 15 is 0 Å². The number of urea groups is 1. The summed E-state index contributed by atoms with van der Waals surface area (Å²) < 4.78 is 0. The number of benzene rings is 1. The minimum absolute atomic E-state index is 0.0358. The maximum absolute atomic E-state index is 12.4. The monoisotopic (exact) mass is 352 g/mol. The van der Waals surface area contributed by atoms with Gasteiger partial charge in [-0.2, -0.15) is 0 Å². The van der Waals surface area contributed by atoms with Crippen LogP contribution in [0.2, 0.25) is 5.02 Å². The minimum atomic E-state index is -0.293. The maximum Gasteiger partial charge on any atom is 0.319 e. The molecular formula is C17H25ClN4O2. The number of rotatable bonds is 5. The number of amides is 3. The van der Waals surface area contributed by atoms with Crippen LogP contribution >= 0.6 is 11.6 Å². The molecule has 2 rings (SSSR count). The molecule has 7 heteroatoms. The van der Waals surface area contributed by atoms with Gasteiger partial charge in [0.1, 0.15) is 0 Å². The largest absolute Gasteiger partial charge is 0.338 e. The number of nitrogens with zero attached hydrogens (tertiary/aromatic N) is 1. The second kappa shape index (κ2) is 8.89. The van der Waals surface area contributed by atoms with E-state index in [4.69, 9.17) is 11.6 Å². The van der Waals surface area contributed by atoms with Crippen molar-refractivity contribution in [3.8, 4) is 0 Å². The van der Waals surface area contributed by atoms with Gasteiger partial charge in [-0.3, -0.25) is 4.79 Å². The molecule has 1 aromatic rings. The van der Waals surface area contributed by atoms with Crippen LogP contribution in [0.15, 0.2) is 18.2 Å². The molecule has 1 fully saturated rings. The number of hydrogen-bond donors (Lipinski definition) is 3. The average Bonchev–Trinajstić information content (AvgIpc) is 2.56. The highest BCUT2D eigenvalue weighted by atomic mass is 35.5. The molecule has 0 saturated carbocycles. The summed E-state index contributed by atoms with van der Waals surface area (Å²) in [7, 11) is 0. The molecule has 0 unspecified atom stereocenters. The number of anilines is 1. The van der Waals surface area contributed by atoms with E-state index in [1.54, 1.807) is 23.1 Å². The predicted octanol–water partition coefficient (Wildman–Crippen LogP) is 2.55. The Morgan fingerprint density at radius 3 is 2.62 bits per heavy atom. The molecule has 1 aliphatic rings. The number of piperazine rings is 1. The lowest BCUT2D eigenvalue weighted by atomic mass is 10.1. The van der Waals surface area contributed by atoms with Crippen molar-refractivity contribution in [2.24, 2.45) is 5.92 Å². The van der Waals surface area contributed by atoms with Crippen molar-refractivity contribution in [2.45, 2.75) is 20.3 Å². The molecule has 132 valence electrons. The van der Waals surface area contributed by atoms with E-state index in [1.807, 2.05) is 0 Å². The van der Waals surface area contributed by atoms with Crippen LogP contribution in [-0.4, -0.2) is 49.6 Å². The molecule has 1 saturated heterocycles. The first-order valence-corrected chi connectivity index (χ1v) is 8.69. The van der Waals surface area contributed by atoms with E-state index in [9.17, 15) is 9.59 Å². The zero-order valence-electron chi connectivity index (χ0n) is 14.2. The molecule has 24 heavy (non-hydrogen) atoms. The van der Waals surface area contributed by atoms with Crippen molar-refractivity contribution >= 4 is 29.2 Å². The summed E-state index contributed by atoms with van der Waals surface area (Å²) in [4.78, 5) is 26.1. The van der Waals surface area contributed by atoms with Gasteiger partial charge < -0.3 is 20.9 Å².